The maximum atomic E-state index is 10.8. The third kappa shape index (κ3) is 2.51. The van der Waals surface area contributed by atoms with E-state index in [2.05, 4.69) is 4.98 Å². The number of carboxylic acids is 1. The number of imidazole rings is 1. The molecule has 0 saturated carbocycles. The van der Waals surface area contributed by atoms with E-state index < -0.39 is 5.97 Å². The van der Waals surface area contributed by atoms with Crippen LogP contribution in [0.25, 0.3) is 0 Å². The van der Waals surface area contributed by atoms with Crippen molar-refractivity contribution in [2.75, 3.05) is 0 Å². The first-order valence-corrected chi connectivity index (χ1v) is 5.65. The lowest BCUT2D eigenvalue weighted by Gasteiger charge is -2.06. The molecule has 0 saturated heterocycles. The second-order valence-electron chi connectivity index (χ2n) is 3.91. The van der Waals surface area contributed by atoms with Gasteiger partial charge in [0.05, 0.1) is 0 Å². The van der Waals surface area contributed by atoms with Crippen LogP contribution in [0.1, 0.15) is 23.0 Å². The van der Waals surface area contributed by atoms with E-state index in [1.165, 1.54) is 6.20 Å². The summed E-state index contributed by atoms with van der Waals surface area (Å²) < 4.78 is 7.23. The fourth-order valence-corrected chi connectivity index (χ4v) is 1.52. The van der Waals surface area contributed by atoms with E-state index in [1.54, 1.807) is 4.57 Å². The van der Waals surface area contributed by atoms with Gasteiger partial charge in [-0.1, -0.05) is 17.7 Å². The Hall–Kier alpha value is -2.30. The van der Waals surface area contributed by atoms with Gasteiger partial charge < -0.3 is 14.4 Å². The smallest absolute Gasteiger partial charge is 0.356 e. The first kappa shape index (κ1) is 12.2. The summed E-state index contributed by atoms with van der Waals surface area (Å²) in [6.07, 6.45) is 1.46. The summed E-state index contributed by atoms with van der Waals surface area (Å²) in [5.74, 6) is -0.422. The van der Waals surface area contributed by atoms with Gasteiger partial charge in [0.1, 0.15) is 5.75 Å². The number of hydrogen-bond acceptors (Lipinski definition) is 3. The van der Waals surface area contributed by atoms with Crippen LogP contribution in [0.5, 0.6) is 11.8 Å². The molecule has 0 aliphatic heterocycles. The Kier molecular flexibility index (Phi) is 3.32. The average Bonchev–Trinajstić information content (AvgIpc) is 2.75. The van der Waals surface area contributed by atoms with Crippen molar-refractivity contribution >= 4 is 5.97 Å². The van der Waals surface area contributed by atoms with Crippen LogP contribution < -0.4 is 4.74 Å². The average molecular weight is 246 g/mol. The van der Waals surface area contributed by atoms with Crippen LogP contribution >= 0.6 is 0 Å². The Balaban J connectivity index is 2.27. The molecule has 1 aromatic heterocycles. The molecule has 0 spiro atoms. The number of aromatic carboxylic acids is 1. The van der Waals surface area contributed by atoms with Crippen molar-refractivity contribution in [2.24, 2.45) is 0 Å². The number of carboxylic acid groups (broad SMARTS) is 1. The van der Waals surface area contributed by atoms with Gasteiger partial charge in [0.15, 0.2) is 5.69 Å². The fourth-order valence-electron chi connectivity index (χ4n) is 1.52. The lowest BCUT2D eigenvalue weighted by atomic mass is 10.2. The molecule has 5 heteroatoms. The molecule has 5 nitrogen and oxygen atoms in total. The number of nitrogens with zero attached hydrogens (tertiary/aromatic N) is 2. The number of benzene rings is 1. The van der Waals surface area contributed by atoms with Crippen LogP contribution in [0, 0.1) is 6.92 Å². The van der Waals surface area contributed by atoms with E-state index in [0.717, 1.165) is 5.56 Å². The second-order valence-corrected chi connectivity index (χ2v) is 3.91. The molecule has 0 bridgehead atoms. The monoisotopic (exact) mass is 246 g/mol. The topological polar surface area (TPSA) is 64.4 Å². The van der Waals surface area contributed by atoms with Crippen LogP contribution in [-0.2, 0) is 6.54 Å². The zero-order chi connectivity index (χ0) is 13.1. The van der Waals surface area contributed by atoms with Crippen LogP contribution in [0.3, 0.4) is 0 Å². The Morgan fingerprint density at radius 1 is 1.39 bits per heavy atom. The molecule has 0 fully saturated rings. The standard InChI is InChI=1S/C13H14N2O3/c1-3-15-8-11(12(16)17)14-13(15)18-10-6-4-9(2)5-7-10/h4-8H,3H2,1-2H3,(H,16,17). The Morgan fingerprint density at radius 2 is 2.06 bits per heavy atom. The Bertz CT molecular complexity index is 558. The highest BCUT2D eigenvalue weighted by atomic mass is 16.5. The SMILES string of the molecule is CCn1cc(C(=O)O)nc1Oc1ccc(C)cc1. The number of ether oxygens (including phenoxy) is 1. The van der Waals surface area contributed by atoms with Crippen molar-refractivity contribution < 1.29 is 14.6 Å². The fraction of sp³-hybridized carbons (Fsp3) is 0.231. The lowest BCUT2D eigenvalue weighted by molar-refractivity contribution is 0.0690. The van der Waals surface area contributed by atoms with Crippen molar-refractivity contribution in [1.82, 2.24) is 9.55 Å². The second kappa shape index (κ2) is 4.91. The predicted molar refractivity (Wildman–Crippen MR) is 66.1 cm³/mol. The molecule has 2 rings (SSSR count). The van der Waals surface area contributed by atoms with Crippen LogP contribution in [0.2, 0.25) is 0 Å². The quantitative estimate of drug-likeness (QED) is 0.900. The summed E-state index contributed by atoms with van der Waals surface area (Å²) in [5.41, 5.74) is 1.12. The summed E-state index contributed by atoms with van der Waals surface area (Å²) >= 11 is 0. The molecule has 0 atom stereocenters. The normalized spacial score (nSPS) is 10.3. The van der Waals surface area contributed by atoms with Gasteiger partial charge in [0.25, 0.3) is 0 Å². The van der Waals surface area contributed by atoms with Gasteiger partial charge in [0.2, 0.25) is 0 Å². The maximum Gasteiger partial charge on any atom is 0.356 e. The number of hydrogen-bond donors (Lipinski definition) is 1. The van der Waals surface area contributed by atoms with Crippen LogP contribution in [-0.4, -0.2) is 20.6 Å². The maximum absolute atomic E-state index is 10.8. The number of carbonyl (C=O) groups is 1. The van der Waals surface area contributed by atoms with Gasteiger partial charge >= 0.3 is 12.0 Å². The first-order chi connectivity index (χ1) is 8.60. The molecule has 1 heterocycles. The number of rotatable bonds is 4. The predicted octanol–water partition coefficient (Wildman–Crippen LogP) is 2.70. The van der Waals surface area contributed by atoms with Gasteiger partial charge in [-0.3, -0.25) is 0 Å². The highest BCUT2D eigenvalue weighted by molar-refractivity contribution is 5.85. The summed E-state index contributed by atoms with van der Waals surface area (Å²) in [6, 6.07) is 7.78. The van der Waals surface area contributed by atoms with Gasteiger partial charge in [-0.05, 0) is 26.0 Å². The van der Waals surface area contributed by atoms with Gasteiger partial charge in [0, 0.05) is 12.7 Å². The van der Waals surface area contributed by atoms with E-state index >= 15 is 0 Å². The third-order valence-corrected chi connectivity index (χ3v) is 2.53. The van der Waals surface area contributed by atoms with Crippen molar-refractivity contribution in [2.45, 2.75) is 20.4 Å². The third-order valence-electron chi connectivity index (χ3n) is 2.53. The summed E-state index contributed by atoms with van der Waals surface area (Å²) in [7, 11) is 0. The van der Waals surface area contributed by atoms with Crippen molar-refractivity contribution in [3.63, 3.8) is 0 Å². The molecular weight excluding hydrogens is 232 g/mol. The highest BCUT2D eigenvalue weighted by Crippen LogP contribution is 2.21. The minimum atomic E-state index is -1.06. The molecule has 1 aromatic carbocycles. The summed E-state index contributed by atoms with van der Waals surface area (Å²) in [4.78, 5) is 14.8. The van der Waals surface area contributed by atoms with Crippen molar-refractivity contribution in [3.05, 3.63) is 41.7 Å². The molecular formula is C13H14N2O3. The molecule has 0 amide bonds. The number of aryl methyl sites for hydroxylation is 2. The highest BCUT2D eigenvalue weighted by Gasteiger charge is 2.13. The van der Waals surface area contributed by atoms with E-state index in [4.69, 9.17) is 9.84 Å². The van der Waals surface area contributed by atoms with E-state index in [1.807, 2.05) is 38.1 Å². The minimum Gasteiger partial charge on any atom is -0.476 e. The first-order valence-electron chi connectivity index (χ1n) is 5.65. The Morgan fingerprint density at radius 3 is 2.61 bits per heavy atom. The van der Waals surface area contributed by atoms with Crippen molar-refractivity contribution in [3.8, 4) is 11.8 Å². The number of aromatic nitrogens is 2. The zero-order valence-corrected chi connectivity index (χ0v) is 10.3. The summed E-state index contributed by atoms with van der Waals surface area (Å²) in [5, 5.41) is 8.89. The molecule has 1 N–H and O–H groups in total. The molecule has 18 heavy (non-hydrogen) atoms. The Labute approximate surface area is 105 Å². The van der Waals surface area contributed by atoms with Crippen LogP contribution in [0.4, 0.5) is 0 Å². The van der Waals surface area contributed by atoms with Crippen molar-refractivity contribution in [1.29, 1.82) is 0 Å². The molecule has 0 radical (unpaired) electrons. The molecule has 2 aromatic rings. The molecule has 0 unspecified atom stereocenters. The summed E-state index contributed by atoms with van der Waals surface area (Å²) in [6.45, 7) is 4.48. The van der Waals surface area contributed by atoms with Crippen LogP contribution in [0.15, 0.2) is 30.5 Å². The van der Waals surface area contributed by atoms with Gasteiger partial charge in [-0.15, -0.1) is 0 Å². The van der Waals surface area contributed by atoms with E-state index in [9.17, 15) is 4.79 Å². The lowest BCUT2D eigenvalue weighted by Crippen LogP contribution is -1.96. The largest absolute Gasteiger partial charge is 0.476 e. The van der Waals surface area contributed by atoms with Gasteiger partial charge in [-0.2, -0.15) is 4.98 Å². The minimum absolute atomic E-state index is 0.0149. The van der Waals surface area contributed by atoms with Gasteiger partial charge in [-0.25, -0.2) is 4.79 Å². The van der Waals surface area contributed by atoms with E-state index in [0.29, 0.717) is 18.3 Å². The molecule has 0 aliphatic rings. The molecule has 0 aliphatic carbocycles. The van der Waals surface area contributed by atoms with E-state index in [-0.39, 0.29) is 5.69 Å². The zero-order valence-electron chi connectivity index (χ0n) is 10.3. The molecule has 94 valence electrons.